The van der Waals surface area contributed by atoms with Crippen molar-refractivity contribution in [2.45, 2.75) is 25.6 Å². The number of hydrogen-bond donors (Lipinski definition) is 1. The molecule has 6 heteroatoms. The van der Waals surface area contributed by atoms with Gasteiger partial charge in [0.1, 0.15) is 11.5 Å². The van der Waals surface area contributed by atoms with Crippen LogP contribution in [-0.4, -0.2) is 53.7 Å². The summed E-state index contributed by atoms with van der Waals surface area (Å²) in [5.74, 6) is 0.500. The zero-order valence-corrected chi connectivity index (χ0v) is 13.2. The molecule has 1 unspecified atom stereocenters. The number of phenolic OH excluding ortho intramolecular Hbond substituents is 1. The van der Waals surface area contributed by atoms with Crippen LogP contribution in [0.1, 0.15) is 24.2 Å². The van der Waals surface area contributed by atoms with Crippen LogP contribution >= 0.6 is 11.6 Å². The van der Waals surface area contributed by atoms with Gasteiger partial charge in [0.2, 0.25) is 0 Å². The van der Waals surface area contributed by atoms with Gasteiger partial charge < -0.3 is 19.5 Å². The van der Waals surface area contributed by atoms with Crippen LogP contribution in [-0.2, 0) is 4.74 Å². The van der Waals surface area contributed by atoms with Gasteiger partial charge in [0.15, 0.2) is 0 Å². The number of morpholine rings is 1. The van der Waals surface area contributed by atoms with Crippen LogP contribution in [0.2, 0.25) is 0 Å². The lowest BCUT2D eigenvalue weighted by atomic mass is 10.0. The number of ether oxygens (including phenoxy) is 2. The van der Waals surface area contributed by atoms with Crippen molar-refractivity contribution in [1.82, 2.24) is 4.90 Å². The van der Waals surface area contributed by atoms with Crippen LogP contribution in [0.3, 0.4) is 0 Å². The Balaban J connectivity index is 2.22. The normalized spacial score (nSPS) is 21.1. The molecular weight excluding hydrogens is 294 g/mol. The van der Waals surface area contributed by atoms with Crippen LogP contribution < -0.4 is 4.74 Å². The van der Waals surface area contributed by atoms with Gasteiger partial charge >= 0.3 is 0 Å². The second-order valence-electron chi connectivity index (χ2n) is 5.72. The van der Waals surface area contributed by atoms with Gasteiger partial charge in [-0.05, 0) is 26.0 Å². The molecule has 5 nitrogen and oxygen atoms in total. The fraction of sp³-hybridized carbons (Fsp3) is 0.533. The predicted molar refractivity (Wildman–Crippen MR) is 80.2 cm³/mol. The second-order valence-corrected chi connectivity index (χ2v) is 6.03. The minimum Gasteiger partial charge on any atom is -0.507 e. The largest absolute Gasteiger partial charge is 0.507 e. The number of methoxy groups -OCH3 is 1. The zero-order valence-electron chi connectivity index (χ0n) is 12.4. The molecule has 1 aliphatic rings. The number of aromatic hydroxyl groups is 1. The van der Waals surface area contributed by atoms with Crippen LogP contribution in [0.25, 0.3) is 0 Å². The summed E-state index contributed by atoms with van der Waals surface area (Å²) in [6.07, 6.45) is -0.209. The summed E-state index contributed by atoms with van der Waals surface area (Å²) >= 11 is 5.87. The molecule has 0 spiro atoms. The van der Waals surface area contributed by atoms with Crippen LogP contribution in [0, 0.1) is 0 Å². The average molecular weight is 314 g/mol. The van der Waals surface area contributed by atoms with E-state index in [1.54, 1.807) is 17.0 Å². The molecule has 0 bridgehead atoms. The summed E-state index contributed by atoms with van der Waals surface area (Å²) in [5, 5.41) is 9.99. The third-order valence-corrected chi connectivity index (χ3v) is 3.72. The highest BCUT2D eigenvalue weighted by atomic mass is 35.5. The molecule has 1 atom stereocenters. The van der Waals surface area contributed by atoms with E-state index in [1.807, 2.05) is 13.8 Å². The second kappa shape index (κ2) is 6.12. The molecule has 0 aliphatic carbocycles. The van der Waals surface area contributed by atoms with Crippen LogP contribution in [0.4, 0.5) is 0 Å². The van der Waals surface area contributed by atoms with E-state index in [-0.39, 0.29) is 23.3 Å². The first kappa shape index (κ1) is 15.9. The van der Waals surface area contributed by atoms with Gasteiger partial charge in [-0.3, -0.25) is 4.79 Å². The Bertz CT molecular complexity index is 532. The van der Waals surface area contributed by atoms with Gasteiger partial charge in [-0.2, -0.15) is 0 Å². The minimum absolute atomic E-state index is 0.0916. The number of hydrogen-bond acceptors (Lipinski definition) is 4. The first-order chi connectivity index (χ1) is 9.86. The maximum Gasteiger partial charge on any atom is 0.257 e. The van der Waals surface area contributed by atoms with E-state index in [0.29, 0.717) is 24.7 Å². The van der Waals surface area contributed by atoms with E-state index in [1.165, 1.54) is 13.2 Å². The molecule has 1 N–H and O–H groups in total. The molecule has 1 aromatic carbocycles. The molecule has 0 aromatic heterocycles. The Morgan fingerprint density at radius 3 is 2.86 bits per heavy atom. The van der Waals surface area contributed by atoms with Gasteiger partial charge in [-0.25, -0.2) is 0 Å². The SMILES string of the molecule is COc1ccc(C(=O)N2CC(CCl)OC(C)(C)C2)c(O)c1. The number of nitrogens with zero attached hydrogens (tertiary/aromatic N) is 1. The zero-order chi connectivity index (χ0) is 15.6. The maximum atomic E-state index is 12.6. The third kappa shape index (κ3) is 3.60. The topological polar surface area (TPSA) is 59.0 Å². The van der Waals surface area contributed by atoms with E-state index in [2.05, 4.69) is 0 Å². The van der Waals surface area contributed by atoms with Crippen LogP contribution in [0.5, 0.6) is 11.5 Å². The summed E-state index contributed by atoms with van der Waals surface area (Å²) in [4.78, 5) is 14.3. The van der Waals surface area contributed by atoms with Crippen molar-refractivity contribution < 1.29 is 19.4 Å². The molecule has 1 heterocycles. The molecule has 1 aromatic rings. The van der Waals surface area contributed by atoms with E-state index >= 15 is 0 Å². The number of rotatable bonds is 3. The Labute approximate surface area is 129 Å². The van der Waals surface area contributed by atoms with Crippen molar-refractivity contribution >= 4 is 17.5 Å². The number of alkyl halides is 1. The molecule has 0 radical (unpaired) electrons. The molecule has 1 amide bonds. The third-order valence-electron chi connectivity index (χ3n) is 3.38. The van der Waals surface area contributed by atoms with Crippen molar-refractivity contribution in [1.29, 1.82) is 0 Å². The molecule has 116 valence electrons. The molecule has 1 aliphatic heterocycles. The Morgan fingerprint density at radius 2 is 2.29 bits per heavy atom. The molecule has 1 saturated heterocycles. The summed E-state index contributed by atoms with van der Waals surface area (Å²) in [5.41, 5.74) is -0.211. The number of benzene rings is 1. The number of carbonyl (C=O) groups excluding carboxylic acids is 1. The van der Waals surface area contributed by atoms with Gasteiger partial charge in [0.05, 0.1) is 30.3 Å². The lowest BCUT2D eigenvalue weighted by Gasteiger charge is -2.42. The van der Waals surface area contributed by atoms with E-state index < -0.39 is 5.60 Å². The average Bonchev–Trinajstić information content (AvgIpc) is 2.44. The highest BCUT2D eigenvalue weighted by Crippen LogP contribution is 2.28. The Hall–Kier alpha value is -1.46. The summed E-state index contributed by atoms with van der Waals surface area (Å²) in [6, 6.07) is 4.64. The van der Waals surface area contributed by atoms with E-state index in [0.717, 1.165) is 0 Å². The standard InChI is InChI=1S/C15H20ClNO4/c1-15(2)9-17(8-11(7-16)21-15)14(19)12-5-4-10(20-3)6-13(12)18/h4-6,11,18H,7-9H2,1-3H3. The highest BCUT2D eigenvalue weighted by molar-refractivity contribution is 6.18. The van der Waals surface area contributed by atoms with Gasteiger partial charge in [0, 0.05) is 19.2 Å². The summed E-state index contributed by atoms with van der Waals surface area (Å²) in [7, 11) is 1.51. The molecule has 21 heavy (non-hydrogen) atoms. The van der Waals surface area contributed by atoms with Crippen molar-refractivity contribution in [2.24, 2.45) is 0 Å². The summed E-state index contributed by atoms with van der Waals surface area (Å²) < 4.78 is 10.8. The predicted octanol–water partition coefficient (Wildman–Crippen LogP) is 2.26. The first-order valence-electron chi connectivity index (χ1n) is 6.76. The van der Waals surface area contributed by atoms with Crippen LogP contribution in [0.15, 0.2) is 18.2 Å². The monoisotopic (exact) mass is 313 g/mol. The fourth-order valence-corrected chi connectivity index (χ4v) is 2.68. The smallest absolute Gasteiger partial charge is 0.257 e. The number of phenols is 1. The van der Waals surface area contributed by atoms with Crippen molar-refractivity contribution in [3.05, 3.63) is 23.8 Å². The van der Waals surface area contributed by atoms with Gasteiger partial charge in [-0.15, -0.1) is 11.6 Å². The molecule has 2 rings (SSSR count). The summed E-state index contributed by atoms with van der Waals surface area (Å²) in [6.45, 7) is 4.70. The fourth-order valence-electron chi connectivity index (χ4n) is 2.52. The van der Waals surface area contributed by atoms with Gasteiger partial charge in [0.25, 0.3) is 5.91 Å². The lowest BCUT2D eigenvalue weighted by molar-refractivity contribution is -0.117. The van der Waals surface area contributed by atoms with E-state index in [9.17, 15) is 9.90 Å². The van der Waals surface area contributed by atoms with Crippen molar-refractivity contribution in [3.8, 4) is 11.5 Å². The number of carbonyl (C=O) groups is 1. The quantitative estimate of drug-likeness (QED) is 0.870. The molecule has 1 fully saturated rings. The first-order valence-corrected chi connectivity index (χ1v) is 7.30. The Morgan fingerprint density at radius 1 is 1.57 bits per heavy atom. The maximum absolute atomic E-state index is 12.6. The van der Waals surface area contributed by atoms with Gasteiger partial charge in [-0.1, -0.05) is 0 Å². The van der Waals surface area contributed by atoms with E-state index in [4.69, 9.17) is 21.1 Å². The number of amides is 1. The van der Waals surface area contributed by atoms with Crippen molar-refractivity contribution in [3.63, 3.8) is 0 Å². The molecule has 0 saturated carbocycles. The number of halogens is 1. The van der Waals surface area contributed by atoms with Crippen molar-refractivity contribution in [2.75, 3.05) is 26.1 Å². The highest BCUT2D eigenvalue weighted by Gasteiger charge is 2.36. The molecular formula is C15H20ClNO4. The minimum atomic E-state index is -0.463. The lowest BCUT2D eigenvalue weighted by Crippen LogP contribution is -2.55. The Kier molecular flexibility index (Phi) is 4.64.